The molecule has 1 saturated heterocycles. The number of carbonyl (C=O) groups excluding carboxylic acids is 1. The lowest BCUT2D eigenvalue weighted by Gasteiger charge is -2.26. The van der Waals surface area contributed by atoms with Crippen molar-refractivity contribution in [2.75, 3.05) is 26.2 Å². The van der Waals surface area contributed by atoms with E-state index in [1.807, 2.05) is 53.2 Å². The Morgan fingerprint density at radius 2 is 1.75 bits per heavy atom. The number of ether oxygens (including phenoxy) is 2. The summed E-state index contributed by atoms with van der Waals surface area (Å²) in [5.41, 5.74) is -1.74. The van der Waals surface area contributed by atoms with E-state index in [9.17, 15) is 9.90 Å². The summed E-state index contributed by atoms with van der Waals surface area (Å²) in [4.78, 5) is 15.9. The Morgan fingerprint density at radius 3 is 2.34 bits per heavy atom. The van der Waals surface area contributed by atoms with E-state index in [1.165, 1.54) is 27.6 Å². The van der Waals surface area contributed by atoms with Crippen molar-refractivity contribution >= 4 is 28.6 Å². The van der Waals surface area contributed by atoms with Crippen LogP contribution in [0.25, 0.3) is 0 Å². The molecule has 0 radical (unpaired) electrons. The molecule has 0 saturated carbocycles. The van der Waals surface area contributed by atoms with E-state index < -0.39 is 11.6 Å². The molecular formula is C25H30NO4S2+. The molecule has 3 aromatic rings. The fraction of sp³-hybridized carbons (Fsp3) is 0.400. The summed E-state index contributed by atoms with van der Waals surface area (Å²) in [6.45, 7) is 5.51. The Labute approximate surface area is 197 Å². The molecule has 4 rings (SSSR count). The molecule has 3 heterocycles. The lowest BCUT2D eigenvalue weighted by atomic mass is 9.99. The van der Waals surface area contributed by atoms with E-state index >= 15 is 0 Å². The van der Waals surface area contributed by atoms with Gasteiger partial charge in [-0.25, -0.2) is 4.79 Å². The Balaban J connectivity index is 1.36. The maximum atomic E-state index is 13.3. The molecule has 1 aliphatic heterocycles. The summed E-state index contributed by atoms with van der Waals surface area (Å²) in [6, 6.07) is 17.1. The minimum Gasteiger partial charge on any atom is -0.493 e. The molecule has 0 spiro atoms. The summed E-state index contributed by atoms with van der Waals surface area (Å²) < 4.78 is 11.8. The molecule has 3 atom stereocenters. The average Bonchev–Trinajstić information content (AvgIpc) is 3.59. The third-order valence-corrected chi connectivity index (χ3v) is 8.04. The maximum Gasteiger partial charge on any atom is 0.349 e. The SMILES string of the molecule is CCC1C[NH+](CCCOc2ccccc2)CC1OC(=O)C(O)(c1cccs1)c1cccs1. The quantitative estimate of drug-likeness (QED) is 0.351. The smallest absolute Gasteiger partial charge is 0.349 e. The largest absolute Gasteiger partial charge is 0.493 e. The van der Waals surface area contributed by atoms with Gasteiger partial charge in [-0.2, -0.15) is 0 Å². The van der Waals surface area contributed by atoms with Crippen molar-refractivity contribution in [1.29, 1.82) is 0 Å². The van der Waals surface area contributed by atoms with E-state index in [0.29, 0.717) is 22.3 Å². The Kier molecular flexibility index (Phi) is 7.63. The van der Waals surface area contributed by atoms with Gasteiger partial charge in [0.05, 0.1) is 35.4 Å². The molecule has 3 unspecified atom stereocenters. The zero-order chi connectivity index (χ0) is 22.4. The van der Waals surface area contributed by atoms with Crippen LogP contribution in [0.5, 0.6) is 5.75 Å². The van der Waals surface area contributed by atoms with Gasteiger partial charge < -0.3 is 19.5 Å². The number of hydrogen-bond donors (Lipinski definition) is 2. The van der Waals surface area contributed by atoms with Crippen molar-refractivity contribution in [1.82, 2.24) is 0 Å². The van der Waals surface area contributed by atoms with Crippen LogP contribution in [-0.4, -0.2) is 43.4 Å². The molecule has 2 N–H and O–H groups in total. The van der Waals surface area contributed by atoms with Crippen molar-refractivity contribution in [2.45, 2.75) is 31.5 Å². The highest BCUT2D eigenvalue weighted by atomic mass is 32.1. The molecular weight excluding hydrogens is 442 g/mol. The summed E-state index contributed by atoms with van der Waals surface area (Å²) in [6.07, 6.45) is 1.69. The van der Waals surface area contributed by atoms with Crippen LogP contribution in [0.3, 0.4) is 0 Å². The van der Waals surface area contributed by atoms with E-state index in [0.717, 1.165) is 38.2 Å². The van der Waals surface area contributed by atoms with Gasteiger partial charge in [-0.05, 0) is 41.4 Å². The molecule has 2 aromatic heterocycles. The van der Waals surface area contributed by atoms with Gasteiger partial charge in [0.25, 0.3) is 0 Å². The molecule has 1 aromatic carbocycles. The number of likely N-dealkylation sites (tertiary alicyclic amines) is 1. The molecule has 170 valence electrons. The van der Waals surface area contributed by atoms with Crippen LogP contribution in [0.15, 0.2) is 65.4 Å². The lowest BCUT2D eigenvalue weighted by Crippen LogP contribution is -3.10. The second-order valence-corrected chi connectivity index (χ2v) is 10.1. The molecule has 1 fully saturated rings. The van der Waals surface area contributed by atoms with Crippen molar-refractivity contribution in [3.05, 3.63) is 75.1 Å². The molecule has 0 amide bonds. The van der Waals surface area contributed by atoms with Crippen LogP contribution in [0.1, 0.15) is 29.5 Å². The van der Waals surface area contributed by atoms with Crippen molar-refractivity contribution in [3.63, 3.8) is 0 Å². The van der Waals surface area contributed by atoms with Crippen LogP contribution in [0, 0.1) is 5.92 Å². The minimum absolute atomic E-state index is 0.191. The standard InChI is InChI=1S/C25H29NO4S2/c1-2-19-17-26(13-8-14-29-20-9-4-3-5-10-20)18-21(19)30-24(27)25(28,22-11-6-15-31-22)23-12-7-16-32-23/h3-7,9-12,15-16,19,21,28H,2,8,13-14,17-18H2,1H3/p+1. The second-order valence-electron chi connectivity index (χ2n) is 8.20. The normalized spacial score (nSPS) is 20.9. The number of hydrogen-bond acceptors (Lipinski definition) is 6. The molecule has 0 aliphatic carbocycles. The van der Waals surface area contributed by atoms with Crippen LogP contribution in [0.4, 0.5) is 0 Å². The fourth-order valence-corrected chi connectivity index (χ4v) is 6.04. The van der Waals surface area contributed by atoms with Gasteiger partial charge in [0, 0.05) is 6.42 Å². The Morgan fingerprint density at radius 1 is 1.06 bits per heavy atom. The number of thiophene rings is 2. The lowest BCUT2D eigenvalue weighted by molar-refractivity contribution is -0.890. The third-order valence-electron chi connectivity index (χ3n) is 6.09. The molecule has 0 bridgehead atoms. The van der Waals surface area contributed by atoms with Gasteiger partial charge in [0.15, 0.2) is 6.10 Å². The fourth-order valence-electron chi connectivity index (χ4n) is 4.33. The molecule has 32 heavy (non-hydrogen) atoms. The second kappa shape index (κ2) is 10.6. The van der Waals surface area contributed by atoms with Gasteiger partial charge in [0.1, 0.15) is 12.3 Å². The van der Waals surface area contributed by atoms with Crippen LogP contribution >= 0.6 is 22.7 Å². The average molecular weight is 473 g/mol. The summed E-state index contributed by atoms with van der Waals surface area (Å²) in [5, 5.41) is 15.2. The maximum absolute atomic E-state index is 13.3. The third kappa shape index (κ3) is 5.07. The van der Waals surface area contributed by atoms with Crippen molar-refractivity contribution < 1.29 is 24.3 Å². The first-order valence-electron chi connectivity index (χ1n) is 11.1. The highest BCUT2D eigenvalue weighted by Gasteiger charge is 2.47. The first kappa shape index (κ1) is 23.0. The molecule has 5 nitrogen and oxygen atoms in total. The zero-order valence-electron chi connectivity index (χ0n) is 18.2. The summed E-state index contributed by atoms with van der Waals surface area (Å²) in [5.74, 6) is 0.614. The number of para-hydroxylation sites is 1. The number of aliphatic hydroxyl groups is 1. The van der Waals surface area contributed by atoms with Gasteiger partial charge in [-0.3, -0.25) is 0 Å². The molecule has 1 aliphatic rings. The monoisotopic (exact) mass is 472 g/mol. The number of esters is 1. The number of nitrogens with one attached hydrogen (secondary N) is 1. The molecule has 7 heteroatoms. The van der Waals surface area contributed by atoms with Crippen molar-refractivity contribution in [2.24, 2.45) is 5.92 Å². The van der Waals surface area contributed by atoms with Crippen molar-refractivity contribution in [3.8, 4) is 5.75 Å². The van der Waals surface area contributed by atoms with Gasteiger partial charge in [-0.15, -0.1) is 22.7 Å². The highest BCUT2D eigenvalue weighted by molar-refractivity contribution is 7.12. The summed E-state index contributed by atoms with van der Waals surface area (Å²) in [7, 11) is 0. The highest BCUT2D eigenvalue weighted by Crippen LogP contribution is 2.37. The first-order valence-corrected chi connectivity index (χ1v) is 12.9. The van der Waals surface area contributed by atoms with Gasteiger partial charge >= 0.3 is 5.97 Å². The van der Waals surface area contributed by atoms with E-state index in [4.69, 9.17) is 9.47 Å². The van der Waals surface area contributed by atoms with Crippen LogP contribution in [0.2, 0.25) is 0 Å². The predicted molar refractivity (Wildman–Crippen MR) is 127 cm³/mol. The van der Waals surface area contributed by atoms with Crippen LogP contribution < -0.4 is 9.64 Å². The summed E-state index contributed by atoms with van der Waals surface area (Å²) >= 11 is 2.74. The number of rotatable bonds is 10. The predicted octanol–water partition coefficient (Wildman–Crippen LogP) is 3.35. The van der Waals surface area contributed by atoms with Gasteiger partial charge in [-0.1, -0.05) is 37.3 Å². The Bertz CT molecular complexity index is 925. The number of carbonyl (C=O) groups is 1. The number of benzene rings is 1. The topological polar surface area (TPSA) is 60.2 Å². The number of quaternary nitrogens is 1. The van der Waals surface area contributed by atoms with E-state index in [2.05, 4.69) is 6.92 Å². The van der Waals surface area contributed by atoms with Crippen LogP contribution in [-0.2, 0) is 15.1 Å². The minimum atomic E-state index is -1.74. The van der Waals surface area contributed by atoms with E-state index in [-0.39, 0.29) is 6.10 Å². The zero-order valence-corrected chi connectivity index (χ0v) is 19.9. The first-order chi connectivity index (χ1) is 15.6. The van der Waals surface area contributed by atoms with E-state index in [1.54, 1.807) is 12.1 Å². The Hall–Kier alpha value is -2.19. The van der Waals surface area contributed by atoms with Gasteiger partial charge in [0.2, 0.25) is 5.60 Å².